The number of hydrogen-bond donors (Lipinski definition) is 1. The van der Waals surface area contributed by atoms with Crippen LogP contribution in [0.3, 0.4) is 0 Å². The molecule has 2 heterocycles. The number of aryl methyl sites for hydroxylation is 1. The predicted octanol–water partition coefficient (Wildman–Crippen LogP) is 1.25. The van der Waals surface area contributed by atoms with Crippen LogP contribution in [-0.2, 0) is 20.1 Å². The van der Waals surface area contributed by atoms with Crippen LogP contribution in [0.1, 0.15) is 36.9 Å². The lowest BCUT2D eigenvalue weighted by Crippen LogP contribution is -2.26. The molecule has 0 spiro atoms. The second-order valence-corrected chi connectivity index (χ2v) is 4.63. The van der Waals surface area contributed by atoms with E-state index in [-0.39, 0.29) is 0 Å². The van der Waals surface area contributed by atoms with Crippen molar-refractivity contribution in [2.75, 3.05) is 13.1 Å². The Balaban J connectivity index is 2.03. The number of hydrogen-bond acceptors (Lipinski definition) is 3. The molecule has 1 aliphatic heterocycles. The molecule has 0 radical (unpaired) electrons. The first-order chi connectivity index (χ1) is 7.81. The lowest BCUT2D eigenvalue weighted by atomic mass is 10.2. The Bertz CT molecular complexity index is 324. The van der Waals surface area contributed by atoms with Crippen LogP contribution in [0, 0.1) is 0 Å². The van der Waals surface area contributed by atoms with Gasteiger partial charge in [0.05, 0.1) is 11.9 Å². The molecule has 2 rings (SSSR count). The molecule has 90 valence electrons. The van der Waals surface area contributed by atoms with Gasteiger partial charge < -0.3 is 5.73 Å². The third kappa shape index (κ3) is 2.62. The number of likely N-dealkylation sites (tertiary alicyclic amines) is 1. The van der Waals surface area contributed by atoms with E-state index < -0.39 is 0 Å². The maximum atomic E-state index is 5.73. The summed E-state index contributed by atoms with van der Waals surface area (Å²) in [6.45, 7) is 4.03. The summed E-state index contributed by atoms with van der Waals surface area (Å²) in [4.78, 5) is 2.53. The van der Waals surface area contributed by atoms with Crippen molar-refractivity contribution < 1.29 is 0 Å². The fourth-order valence-electron chi connectivity index (χ4n) is 2.39. The maximum Gasteiger partial charge on any atom is 0.0565 e. The van der Waals surface area contributed by atoms with Crippen LogP contribution in [0.5, 0.6) is 0 Å². The summed E-state index contributed by atoms with van der Waals surface area (Å²) in [5, 5.41) is 4.29. The molecule has 0 amide bonds. The van der Waals surface area contributed by atoms with Gasteiger partial charge >= 0.3 is 0 Å². The first-order valence-electron chi connectivity index (χ1n) is 6.23. The fraction of sp³-hybridized carbons (Fsp3) is 0.750. The Morgan fingerprint density at radius 3 is 2.56 bits per heavy atom. The van der Waals surface area contributed by atoms with Crippen molar-refractivity contribution in [3.63, 3.8) is 0 Å². The molecule has 1 aromatic rings. The van der Waals surface area contributed by atoms with Gasteiger partial charge in [0.25, 0.3) is 0 Å². The third-order valence-corrected chi connectivity index (χ3v) is 3.44. The van der Waals surface area contributed by atoms with Crippen LogP contribution in [0.15, 0.2) is 6.20 Å². The van der Waals surface area contributed by atoms with E-state index in [4.69, 9.17) is 5.73 Å². The van der Waals surface area contributed by atoms with E-state index in [0.29, 0.717) is 6.54 Å². The smallest absolute Gasteiger partial charge is 0.0565 e. The van der Waals surface area contributed by atoms with E-state index in [1.54, 1.807) is 0 Å². The molecule has 1 fully saturated rings. The highest BCUT2D eigenvalue weighted by atomic mass is 15.3. The van der Waals surface area contributed by atoms with E-state index in [2.05, 4.69) is 10.00 Å². The number of nitrogens with two attached hydrogens (primary N) is 1. The van der Waals surface area contributed by atoms with Crippen LogP contribution in [-0.4, -0.2) is 27.8 Å². The highest BCUT2D eigenvalue weighted by Gasteiger charge is 2.14. The van der Waals surface area contributed by atoms with Gasteiger partial charge in [-0.05, 0) is 25.9 Å². The van der Waals surface area contributed by atoms with Gasteiger partial charge in [-0.15, -0.1) is 0 Å². The first-order valence-corrected chi connectivity index (χ1v) is 6.23. The van der Waals surface area contributed by atoms with Crippen molar-refractivity contribution in [2.24, 2.45) is 12.8 Å². The van der Waals surface area contributed by atoms with Crippen LogP contribution in [0.4, 0.5) is 0 Å². The van der Waals surface area contributed by atoms with Crippen LogP contribution in [0.2, 0.25) is 0 Å². The third-order valence-electron chi connectivity index (χ3n) is 3.44. The molecule has 4 nitrogen and oxygen atoms in total. The molecule has 1 saturated heterocycles. The van der Waals surface area contributed by atoms with Gasteiger partial charge in [0.2, 0.25) is 0 Å². The Morgan fingerprint density at radius 2 is 1.94 bits per heavy atom. The molecule has 0 aromatic carbocycles. The fourth-order valence-corrected chi connectivity index (χ4v) is 2.39. The summed E-state index contributed by atoms with van der Waals surface area (Å²) in [6, 6.07) is 0. The van der Waals surface area contributed by atoms with Gasteiger partial charge in [-0.2, -0.15) is 5.10 Å². The molecular weight excluding hydrogens is 200 g/mol. The van der Waals surface area contributed by atoms with E-state index in [9.17, 15) is 0 Å². The summed E-state index contributed by atoms with van der Waals surface area (Å²) in [7, 11) is 2.01. The summed E-state index contributed by atoms with van der Waals surface area (Å²) in [5.74, 6) is 0. The van der Waals surface area contributed by atoms with Gasteiger partial charge in [0.1, 0.15) is 0 Å². The molecule has 2 N–H and O–H groups in total. The molecule has 0 atom stereocenters. The largest absolute Gasteiger partial charge is 0.326 e. The van der Waals surface area contributed by atoms with Crippen molar-refractivity contribution in [1.82, 2.24) is 14.7 Å². The standard InChI is InChI=1S/C12H22N4/c1-15-12(11(8-13)9-14-15)10-16-6-4-2-3-5-7-16/h9H,2-8,10,13H2,1H3. The van der Waals surface area contributed by atoms with Gasteiger partial charge in [-0.3, -0.25) is 9.58 Å². The van der Waals surface area contributed by atoms with Crippen LogP contribution >= 0.6 is 0 Å². The number of aromatic nitrogens is 2. The van der Waals surface area contributed by atoms with Crippen LogP contribution < -0.4 is 5.73 Å². The van der Waals surface area contributed by atoms with Gasteiger partial charge in [-0.1, -0.05) is 12.8 Å². The zero-order valence-corrected chi connectivity index (χ0v) is 10.2. The minimum atomic E-state index is 0.594. The van der Waals surface area contributed by atoms with Gasteiger partial charge in [0.15, 0.2) is 0 Å². The summed E-state index contributed by atoms with van der Waals surface area (Å²) in [5.41, 5.74) is 8.20. The monoisotopic (exact) mass is 222 g/mol. The summed E-state index contributed by atoms with van der Waals surface area (Å²) >= 11 is 0. The number of nitrogens with zero attached hydrogens (tertiary/aromatic N) is 3. The molecule has 16 heavy (non-hydrogen) atoms. The van der Waals surface area contributed by atoms with E-state index >= 15 is 0 Å². The molecule has 0 saturated carbocycles. The van der Waals surface area contributed by atoms with E-state index in [1.165, 1.54) is 50.0 Å². The van der Waals surface area contributed by atoms with Crippen molar-refractivity contribution in [2.45, 2.75) is 38.8 Å². The Morgan fingerprint density at radius 1 is 1.25 bits per heavy atom. The lowest BCUT2D eigenvalue weighted by molar-refractivity contribution is 0.268. The summed E-state index contributed by atoms with van der Waals surface area (Å²) in [6.07, 6.45) is 7.32. The van der Waals surface area contributed by atoms with Crippen molar-refractivity contribution in [1.29, 1.82) is 0 Å². The topological polar surface area (TPSA) is 47.1 Å². The van der Waals surface area contributed by atoms with E-state index in [1.807, 2.05) is 17.9 Å². The number of rotatable bonds is 3. The zero-order valence-electron chi connectivity index (χ0n) is 10.2. The molecule has 4 heteroatoms. The SMILES string of the molecule is Cn1ncc(CN)c1CN1CCCCCC1. The van der Waals surface area contributed by atoms with Crippen molar-refractivity contribution in [3.05, 3.63) is 17.5 Å². The average Bonchev–Trinajstić information content (AvgIpc) is 2.52. The zero-order chi connectivity index (χ0) is 11.4. The highest BCUT2D eigenvalue weighted by Crippen LogP contribution is 2.15. The first kappa shape index (κ1) is 11.6. The molecule has 0 aliphatic carbocycles. The van der Waals surface area contributed by atoms with Crippen molar-refractivity contribution >= 4 is 0 Å². The molecule has 0 bridgehead atoms. The maximum absolute atomic E-state index is 5.73. The van der Waals surface area contributed by atoms with Gasteiger partial charge in [0, 0.05) is 25.7 Å². The highest BCUT2D eigenvalue weighted by molar-refractivity contribution is 5.17. The van der Waals surface area contributed by atoms with Crippen LogP contribution in [0.25, 0.3) is 0 Å². The quantitative estimate of drug-likeness (QED) is 0.837. The molecular formula is C12H22N4. The van der Waals surface area contributed by atoms with Crippen molar-refractivity contribution in [3.8, 4) is 0 Å². The average molecular weight is 222 g/mol. The minimum absolute atomic E-state index is 0.594. The predicted molar refractivity (Wildman–Crippen MR) is 64.8 cm³/mol. The Hall–Kier alpha value is -0.870. The normalized spacial score (nSPS) is 18.6. The second-order valence-electron chi connectivity index (χ2n) is 4.63. The molecule has 1 aromatic heterocycles. The minimum Gasteiger partial charge on any atom is -0.326 e. The molecule has 1 aliphatic rings. The lowest BCUT2D eigenvalue weighted by Gasteiger charge is -2.20. The second kappa shape index (κ2) is 5.46. The molecule has 0 unspecified atom stereocenters. The summed E-state index contributed by atoms with van der Waals surface area (Å²) < 4.78 is 1.97. The Kier molecular flexibility index (Phi) is 3.96. The Labute approximate surface area is 97.4 Å². The van der Waals surface area contributed by atoms with E-state index in [0.717, 1.165) is 6.54 Å². The van der Waals surface area contributed by atoms with Gasteiger partial charge in [-0.25, -0.2) is 0 Å².